The van der Waals surface area contributed by atoms with Gasteiger partial charge in [0, 0.05) is 26.9 Å². The monoisotopic (exact) mass is 559 g/mol. The Bertz CT molecular complexity index is 897. The Balaban J connectivity index is 2.06. The summed E-state index contributed by atoms with van der Waals surface area (Å²) in [6.07, 6.45) is 1.82. The molecule has 3 aromatic carbocycles. The Morgan fingerprint density at radius 3 is 1.52 bits per heavy atom. The van der Waals surface area contributed by atoms with Gasteiger partial charge >= 0.3 is 6.00 Å². The molecule has 0 saturated carbocycles. The van der Waals surface area contributed by atoms with Crippen molar-refractivity contribution in [2.45, 2.75) is 9.79 Å². The molecule has 3 rings (SSSR count). The molecule has 0 bridgehead atoms. The Morgan fingerprint density at radius 1 is 0.724 bits per heavy atom. The van der Waals surface area contributed by atoms with E-state index >= 15 is 0 Å². The first-order chi connectivity index (χ1) is 13.6. The summed E-state index contributed by atoms with van der Waals surface area (Å²) in [6, 6.07) is 20.5. The molecule has 10 heteroatoms. The van der Waals surface area contributed by atoms with Crippen LogP contribution in [0.5, 0.6) is 0 Å². The van der Waals surface area contributed by atoms with Crippen LogP contribution in [0.25, 0.3) is 0 Å². The largest absolute Gasteiger partial charge is 0.372 e. The van der Waals surface area contributed by atoms with E-state index in [2.05, 4.69) is 4.90 Å². The van der Waals surface area contributed by atoms with E-state index in [4.69, 9.17) is 65.3 Å². The van der Waals surface area contributed by atoms with Crippen LogP contribution in [0.4, 0.5) is 17.1 Å². The highest BCUT2D eigenvalue weighted by Gasteiger charge is 2.28. The molecule has 0 spiro atoms. The maximum absolute atomic E-state index is 6.30. The van der Waals surface area contributed by atoms with E-state index in [1.54, 1.807) is 0 Å². The van der Waals surface area contributed by atoms with Gasteiger partial charge in [-0.3, -0.25) is 0 Å². The maximum Gasteiger partial charge on any atom is 0.372 e. The van der Waals surface area contributed by atoms with Crippen molar-refractivity contribution in [3.63, 3.8) is 0 Å². The molecule has 0 aromatic heterocycles. The lowest BCUT2D eigenvalue weighted by Crippen LogP contribution is -2.29. The van der Waals surface area contributed by atoms with Crippen LogP contribution in [0.2, 0.25) is 0 Å². The van der Waals surface area contributed by atoms with Crippen molar-refractivity contribution >= 4 is 113 Å². The van der Waals surface area contributed by atoms with E-state index < -0.39 is 14.5 Å². The van der Waals surface area contributed by atoms with Gasteiger partial charge in [-0.2, -0.15) is 0 Å². The predicted octanol–water partition coefficient (Wildman–Crippen LogP) is 9.37. The zero-order chi connectivity index (χ0) is 21.2. The molecule has 154 valence electrons. The van der Waals surface area contributed by atoms with Crippen LogP contribution in [0.15, 0.2) is 82.6 Å². The molecule has 0 aliphatic heterocycles. The molecular formula is C19H15Cl6NS2Si. The first-order valence-corrected chi connectivity index (χ1v) is 18.6. The van der Waals surface area contributed by atoms with Gasteiger partial charge in [-0.1, -0.05) is 20.6 Å². The third-order valence-electron chi connectivity index (χ3n) is 4.15. The van der Waals surface area contributed by atoms with Crippen molar-refractivity contribution in [1.29, 1.82) is 0 Å². The Labute approximate surface area is 205 Å². The summed E-state index contributed by atoms with van der Waals surface area (Å²) in [5.41, 5.74) is 2.86. The number of rotatable bonds is 6. The van der Waals surface area contributed by atoms with Gasteiger partial charge in [-0.15, -0.1) is 33.2 Å². The molecular weight excluding hydrogens is 547 g/mol. The second-order valence-corrected chi connectivity index (χ2v) is 21.8. The minimum Gasteiger partial charge on any atom is -0.311 e. The minimum atomic E-state index is -2.94. The zero-order valence-corrected chi connectivity index (χ0v) is 22.1. The van der Waals surface area contributed by atoms with Gasteiger partial charge < -0.3 is 4.90 Å². The summed E-state index contributed by atoms with van der Waals surface area (Å²) >= 11 is 18.4. The Morgan fingerprint density at radius 2 is 1.14 bits per heavy atom. The van der Waals surface area contributed by atoms with Crippen LogP contribution in [0.1, 0.15) is 0 Å². The summed E-state index contributed by atoms with van der Waals surface area (Å²) in [6.45, 7) is 0. The van der Waals surface area contributed by atoms with Crippen molar-refractivity contribution in [3.05, 3.63) is 72.8 Å². The van der Waals surface area contributed by atoms with Gasteiger partial charge in [0.1, 0.15) is 0 Å². The van der Waals surface area contributed by atoms with Gasteiger partial charge in [0.15, 0.2) is 0 Å². The van der Waals surface area contributed by atoms with E-state index in [0.717, 1.165) is 32.0 Å². The first-order valence-electron chi connectivity index (χ1n) is 8.23. The summed E-state index contributed by atoms with van der Waals surface area (Å²) in [7, 11) is 17.8. The fraction of sp³-hybridized carbons (Fsp3) is 0.0526. The van der Waals surface area contributed by atoms with Crippen molar-refractivity contribution < 1.29 is 0 Å². The zero-order valence-electron chi connectivity index (χ0n) is 15.0. The third-order valence-corrected chi connectivity index (χ3v) is 10.3. The second-order valence-electron chi connectivity index (χ2n) is 6.17. The molecule has 0 unspecified atom stereocenters. The lowest BCUT2D eigenvalue weighted by atomic mass is 10.2. The predicted molar refractivity (Wildman–Crippen MR) is 139 cm³/mol. The quantitative estimate of drug-likeness (QED) is 0.218. The summed E-state index contributed by atoms with van der Waals surface area (Å²) in [4.78, 5) is 3.97. The maximum atomic E-state index is 6.30. The molecule has 0 fully saturated rings. The number of hydrogen-bond acceptors (Lipinski definition) is 2. The lowest BCUT2D eigenvalue weighted by Gasteiger charge is -2.27. The molecule has 0 atom stereocenters. The van der Waals surface area contributed by atoms with Crippen LogP contribution in [0.3, 0.4) is 0 Å². The van der Waals surface area contributed by atoms with Crippen molar-refractivity contribution in [2.24, 2.45) is 0 Å². The van der Waals surface area contributed by atoms with Crippen molar-refractivity contribution in [1.82, 2.24) is 0 Å². The van der Waals surface area contributed by atoms with Crippen LogP contribution in [-0.4, -0.2) is 12.3 Å². The normalized spacial score (nSPS) is 12.7. The van der Waals surface area contributed by atoms with E-state index in [0.29, 0.717) is 0 Å². The average Bonchev–Trinajstić information content (AvgIpc) is 2.68. The van der Waals surface area contributed by atoms with Crippen LogP contribution in [0, 0.1) is 0 Å². The van der Waals surface area contributed by atoms with Crippen LogP contribution in [-0.2, 0) is 0 Å². The average molecular weight is 562 g/mol. The second kappa shape index (κ2) is 9.72. The van der Waals surface area contributed by atoms with Gasteiger partial charge in [-0.05, 0) is 115 Å². The fourth-order valence-electron chi connectivity index (χ4n) is 2.73. The summed E-state index contributed by atoms with van der Waals surface area (Å²) in [5, 5.41) is 0.735. The van der Waals surface area contributed by atoms with Crippen molar-refractivity contribution in [2.75, 3.05) is 11.2 Å². The first kappa shape index (κ1) is 23.8. The van der Waals surface area contributed by atoms with Crippen LogP contribution >= 0.6 is 84.7 Å². The highest BCUT2D eigenvalue weighted by atomic mass is 36.0. The standard InChI is InChI=1S/C19H15Cl6NS2Si/c1-28(21,22)18-10-4-15(5-11-18)26(14-2-8-17(27-20)9-3-14)16-6-12-19(13-7-16)29(23,24)25/h2-13H,1H3. The lowest BCUT2D eigenvalue weighted by molar-refractivity contribution is 1.26. The molecule has 0 aliphatic rings. The molecule has 0 heterocycles. The third kappa shape index (κ3) is 6.09. The van der Waals surface area contributed by atoms with E-state index in [-0.39, 0.29) is 0 Å². The number of benzene rings is 3. The van der Waals surface area contributed by atoms with Crippen LogP contribution < -0.4 is 10.1 Å². The Kier molecular flexibility index (Phi) is 7.97. The smallest absolute Gasteiger partial charge is 0.311 e. The van der Waals surface area contributed by atoms with E-state index in [1.807, 2.05) is 79.1 Å². The van der Waals surface area contributed by atoms with E-state index in [1.165, 1.54) is 11.0 Å². The van der Waals surface area contributed by atoms with E-state index in [9.17, 15) is 0 Å². The van der Waals surface area contributed by atoms with Crippen molar-refractivity contribution in [3.8, 4) is 0 Å². The fourth-order valence-corrected chi connectivity index (χ4v) is 6.18. The molecule has 1 nitrogen and oxygen atoms in total. The number of nitrogens with zero attached hydrogens (tertiary/aromatic N) is 1. The summed E-state index contributed by atoms with van der Waals surface area (Å²) in [5.74, 6) is 0. The Hall–Kier alpha value is 0.117. The SMILES string of the molecule is CS(Cl)(Cl)c1ccc(N(c2ccc(SCl)cc2)c2ccc([Si](Cl)(Cl)Cl)cc2)cc1. The molecule has 0 radical (unpaired) electrons. The number of anilines is 3. The summed E-state index contributed by atoms with van der Waals surface area (Å²) < 4.78 is 0. The molecule has 3 aromatic rings. The topological polar surface area (TPSA) is 3.24 Å². The highest BCUT2D eigenvalue weighted by Crippen LogP contribution is 2.62. The molecule has 0 amide bonds. The molecule has 0 aliphatic carbocycles. The van der Waals surface area contributed by atoms with Gasteiger partial charge in [0.25, 0.3) is 0 Å². The van der Waals surface area contributed by atoms with Gasteiger partial charge in [0.05, 0.1) is 0 Å². The van der Waals surface area contributed by atoms with Gasteiger partial charge in [-0.25, -0.2) is 0 Å². The minimum absolute atomic E-state index is 0.735. The molecule has 0 saturated heterocycles. The number of halogens is 6. The molecule has 29 heavy (non-hydrogen) atoms. The van der Waals surface area contributed by atoms with Gasteiger partial charge in [0.2, 0.25) is 0 Å². The molecule has 0 N–H and O–H groups in total. The number of hydrogen-bond donors (Lipinski definition) is 0. The highest BCUT2D eigenvalue weighted by molar-refractivity contribution is 8.65.